The highest BCUT2D eigenvalue weighted by Crippen LogP contribution is 2.19. The zero-order valence-electron chi connectivity index (χ0n) is 19.9. The van der Waals surface area contributed by atoms with E-state index in [1.165, 1.54) is 0 Å². The molecule has 8 heteroatoms. The molecule has 0 aliphatic heterocycles. The third-order valence-electron chi connectivity index (χ3n) is 4.24. The number of carbonyl (C=O) groups is 2. The largest absolute Gasteiger partial charge is 0.379 e. The number of hydrogen-bond donors (Lipinski definition) is 2. The minimum Gasteiger partial charge on any atom is -0.379 e. The van der Waals surface area contributed by atoms with Crippen molar-refractivity contribution < 1.29 is 28.5 Å². The molecular weight excluding hydrogens is 388 g/mol. The van der Waals surface area contributed by atoms with Crippen molar-refractivity contribution in [2.45, 2.75) is 78.4 Å². The SMILES string of the molecule is CCCNC(=O)COC(C)(C)CCOC(C)(C)CC(=O)NCCOCCOCCC. The molecule has 178 valence electrons. The van der Waals surface area contributed by atoms with Gasteiger partial charge in [0.25, 0.3) is 0 Å². The van der Waals surface area contributed by atoms with E-state index >= 15 is 0 Å². The second-order valence-electron chi connectivity index (χ2n) is 8.51. The van der Waals surface area contributed by atoms with Crippen molar-refractivity contribution in [1.82, 2.24) is 10.6 Å². The van der Waals surface area contributed by atoms with Crippen LogP contribution < -0.4 is 10.6 Å². The Hall–Kier alpha value is -1.22. The Labute approximate surface area is 182 Å². The van der Waals surface area contributed by atoms with Crippen LogP contribution in [0.3, 0.4) is 0 Å². The van der Waals surface area contributed by atoms with Crippen molar-refractivity contribution in [2.75, 3.05) is 52.7 Å². The third kappa shape index (κ3) is 17.6. The van der Waals surface area contributed by atoms with E-state index in [-0.39, 0.29) is 24.8 Å². The van der Waals surface area contributed by atoms with Crippen LogP contribution in [0.15, 0.2) is 0 Å². The van der Waals surface area contributed by atoms with E-state index in [1.54, 1.807) is 0 Å². The van der Waals surface area contributed by atoms with Gasteiger partial charge in [0, 0.05) is 19.7 Å². The van der Waals surface area contributed by atoms with Gasteiger partial charge in [-0.15, -0.1) is 0 Å². The Balaban J connectivity index is 3.93. The molecule has 2 N–H and O–H groups in total. The second kappa shape index (κ2) is 16.5. The molecule has 0 spiro atoms. The lowest BCUT2D eigenvalue weighted by Gasteiger charge is -2.29. The van der Waals surface area contributed by atoms with Crippen LogP contribution >= 0.6 is 0 Å². The highest BCUT2D eigenvalue weighted by molar-refractivity contribution is 5.77. The molecule has 30 heavy (non-hydrogen) atoms. The average Bonchev–Trinajstić information content (AvgIpc) is 2.66. The molecule has 0 aliphatic carbocycles. The first-order valence-corrected chi connectivity index (χ1v) is 11.1. The highest BCUT2D eigenvalue weighted by atomic mass is 16.5. The predicted octanol–water partition coefficient (Wildman–Crippen LogP) is 2.44. The minimum absolute atomic E-state index is 0.0333. The molecule has 0 aromatic carbocycles. The van der Waals surface area contributed by atoms with E-state index < -0.39 is 11.2 Å². The lowest BCUT2D eigenvalue weighted by Crippen LogP contribution is -2.38. The third-order valence-corrected chi connectivity index (χ3v) is 4.24. The van der Waals surface area contributed by atoms with E-state index in [0.717, 1.165) is 19.4 Å². The van der Waals surface area contributed by atoms with E-state index in [1.807, 2.05) is 34.6 Å². The van der Waals surface area contributed by atoms with Crippen LogP contribution in [-0.4, -0.2) is 75.7 Å². The molecule has 0 radical (unpaired) electrons. The van der Waals surface area contributed by atoms with E-state index in [2.05, 4.69) is 17.6 Å². The Morgan fingerprint density at radius 2 is 1.33 bits per heavy atom. The van der Waals surface area contributed by atoms with Gasteiger partial charge in [-0.05, 0) is 47.0 Å². The summed E-state index contributed by atoms with van der Waals surface area (Å²) in [6.45, 7) is 15.6. The van der Waals surface area contributed by atoms with Gasteiger partial charge in [0.15, 0.2) is 0 Å². The normalized spacial score (nSPS) is 12.1. The molecule has 0 saturated carbocycles. The van der Waals surface area contributed by atoms with Crippen LogP contribution in [-0.2, 0) is 28.5 Å². The minimum atomic E-state index is -0.590. The van der Waals surface area contributed by atoms with Crippen LogP contribution in [0.4, 0.5) is 0 Å². The number of amides is 2. The molecule has 0 unspecified atom stereocenters. The number of rotatable bonds is 19. The summed E-state index contributed by atoms with van der Waals surface area (Å²) in [5.41, 5.74) is -1.08. The summed E-state index contributed by atoms with van der Waals surface area (Å²) in [6, 6.07) is 0. The van der Waals surface area contributed by atoms with Gasteiger partial charge in [0.2, 0.25) is 11.8 Å². The predicted molar refractivity (Wildman–Crippen MR) is 118 cm³/mol. The molecule has 0 aromatic heterocycles. The maximum Gasteiger partial charge on any atom is 0.246 e. The Morgan fingerprint density at radius 1 is 0.700 bits per heavy atom. The number of ether oxygens (including phenoxy) is 4. The lowest BCUT2D eigenvalue weighted by atomic mass is 10.0. The summed E-state index contributed by atoms with van der Waals surface area (Å²) in [5.74, 6) is -0.186. The summed E-state index contributed by atoms with van der Waals surface area (Å²) in [5, 5.41) is 5.63. The van der Waals surface area contributed by atoms with E-state index in [4.69, 9.17) is 18.9 Å². The van der Waals surface area contributed by atoms with E-state index in [0.29, 0.717) is 45.9 Å². The Morgan fingerprint density at radius 3 is 1.97 bits per heavy atom. The Bertz CT molecular complexity index is 469. The molecule has 0 atom stereocenters. The molecule has 0 aliphatic rings. The van der Waals surface area contributed by atoms with Crippen LogP contribution in [0.5, 0.6) is 0 Å². The second-order valence-corrected chi connectivity index (χ2v) is 8.51. The van der Waals surface area contributed by atoms with E-state index in [9.17, 15) is 9.59 Å². The summed E-state index contributed by atoms with van der Waals surface area (Å²) < 4.78 is 22.3. The molecule has 0 rings (SSSR count). The van der Waals surface area contributed by atoms with Gasteiger partial charge in [0.1, 0.15) is 6.61 Å². The van der Waals surface area contributed by atoms with Crippen LogP contribution in [0.1, 0.15) is 67.2 Å². The summed E-state index contributed by atoms with van der Waals surface area (Å²) >= 11 is 0. The van der Waals surface area contributed by atoms with Gasteiger partial charge < -0.3 is 29.6 Å². The first kappa shape index (κ1) is 28.8. The zero-order chi connectivity index (χ0) is 22.9. The fourth-order valence-electron chi connectivity index (χ4n) is 2.45. The lowest BCUT2D eigenvalue weighted by molar-refractivity contribution is -0.136. The smallest absolute Gasteiger partial charge is 0.246 e. The summed E-state index contributed by atoms with van der Waals surface area (Å²) in [7, 11) is 0. The molecule has 0 heterocycles. The van der Waals surface area contributed by atoms with Gasteiger partial charge in [-0.3, -0.25) is 9.59 Å². The maximum absolute atomic E-state index is 12.1. The van der Waals surface area contributed by atoms with Gasteiger partial charge in [-0.25, -0.2) is 0 Å². The fourth-order valence-corrected chi connectivity index (χ4v) is 2.45. The van der Waals surface area contributed by atoms with Crippen molar-refractivity contribution in [3.8, 4) is 0 Å². The zero-order valence-corrected chi connectivity index (χ0v) is 19.9. The fraction of sp³-hybridized carbons (Fsp3) is 0.909. The summed E-state index contributed by atoms with van der Waals surface area (Å²) in [4.78, 5) is 23.8. The monoisotopic (exact) mass is 432 g/mol. The van der Waals surface area contributed by atoms with Crippen LogP contribution in [0.25, 0.3) is 0 Å². The van der Waals surface area contributed by atoms with Gasteiger partial charge in [0.05, 0.1) is 44.1 Å². The molecular formula is C22H44N2O6. The van der Waals surface area contributed by atoms with Crippen molar-refractivity contribution in [3.05, 3.63) is 0 Å². The van der Waals surface area contributed by atoms with Crippen molar-refractivity contribution in [1.29, 1.82) is 0 Å². The van der Waals surface area contributed by atoms with Crippen molar-refractivity contribution >= 4 is 11.8 Å². The first-order chi connectivity index (χ1) is 14.1. The van der Waals surface area contributed by atoms with Crippen LogP contribution in [0, 0.1) is 0 Å². The van der Waals surface area contributed by atoms with Gasteiger partial charge in [-0.1, -0.05) is 13.8 Å². The molecule has 0 aromatic rings. The quantitative estimate of drug-likeness (QED) is 0.305. The Kier molecular flexibility index (Phi) is 15.8. The molecule has 0 saturated heterocycles. The maximum atomic E-state index is 12.1. The highest BCUT2D eigenvalue weighted by Gasteiger charge is 2.25. The average molecular weight is 433 g/mol. The van der Waals surface area contributed by atoms with Gasteiger partial charge >= 0.3 is 0 Å². The standard InChI is InChI=1S/C22H44N2O6/c1-7-10-23-20(26)18-30-21(3,4)9-13-29-22(5,6)17-19(25)24-11-14-28-16-15-27-12-8-2/h7-18H2,1-6H3,(H,23,26)(H,24,25). The molecule has 0 bridgehead atoms. The van der Waals surface area contributed by atoms with Crippen LogP contribution in [0.2, 0.25) is 0 Å². The number of hydrogen-bond acceptors (Lipinski definition) is 6. The number of nitrogens with one attached hydrogen (secondary N) is 2. The number of carbonyl (C=O) groups excluding carboxylic acids is 2. The summed E-state index contributed by atoms with van der Waals surface area (Å²) in [6.07, 6.45) is 2.77. The first-order valence-electron chi connectivity index (χ1n) is 11.1. The topological polar surface area (TPSA) is 95.1 Å². The molecule has 0 fully saturated rings. The molecule has 2 amide bonds. The van der Waals surface area contributed by atoms with Gasteiger partial charge in [-0.2, -0.15) is 0 Å². The van der Waals surface area contributed by atoms with Crippen molar-refractivity contribution in [3.63, 3.8) is 0 Å². The van der Waals surface area contributed by atoms with Crippen molar-refractivity contribution in [2.24, 2.45) is 0 Å². The molecule has 8 nitrogen and oxygen atoms in total.